The number of halogens is 1. The number of hydrogen-bond donors (Lipinski definition) is 1. The van der Waals surface area contributed by atoms with Crippen molar-refractivity contribution in [2.24, 2.45) is 5.73 Å². The molecule has 0 aromatic heterocycles. The van der Waals surface area contributed by atoms with E-state index in [1.165, 1.54) is 11.1 Å². The van der Waals surface area contributed by atoms with Crippen LogP contribution in [0.1, 0.15) is 29.2 Å². The molecule has 2 heteroatoms. The topological polar surface area (TPSA) is 26.0 Å². The molecule has 0 saturated carbocycles. The standard InChI is InChI=1S/C11H16FN/c1-8-4-3-5-10(9(8)2)11(13)6-7-12/h3-5,11H,6-7,13H2,1-2H3/t11-/m1/s1. The van der Waals surface area contributed by atoms with Crippen molar-refractivity contribution in [2.75, 3.05) is 6.67 Å². The van der Waals surface area contributed by atoms with Gasteiger partial charge in [0.25, 0.3) is 0 Å². The van der Waals surface area contributed by atoms with Crippen LogP contribution in [0, 0.1) is 13.8 Å². The molecule has 0 fully saturated rings. The summed E-state index contributed by atoms with van der Waals surface area (Å²) >= 11 is 0. The van der Waals surface area contributed by atoms with Crippen LogP contribution < -0.4 is 5.73 Å². The highest BCUT2D eigenvalue weighted by Crippen LogP contribution is 2.20. The molecule has 0 unspecified atom stereocenters. The molecule has 72 valence electrons. The van der Waals surface area contributed by atoms with Crippen molar-refractivity contribution in [3.63, 3.8) is 0 Å². The lowest BCUT2D eigenvalue weighted by Crippen LogP contribution is -2.12. The molecule has 0 aliphatic heterocycles. The van der Waals surface area contributed by atoms with Crippen molar-refractivity contribution in [1.82, 2.24) is 0 Å². The minimum absolute atomic E-state index is 0.162. The van der Waals surface area contributed by atoms with Gasteiger partial charge in [-0.1, -0.05) is 18.2 Å². The fraction of sp³-hybridized carbons (Fsp3) is 0.455. The first kappa shape index (κ1) is 10.2. The van der Waals surface area contributed by atoms with Gasteiger partial charge in [-0.2, -0.15) is 0 Å². The van der Waals surface area contributed by atoms with Crippen molar-refractivity contribution in [2.45, 2.75) is 26.3 Å². The van der Waals surface area contributed by atoms with E-state index in [9.17, 15) is 4.39 Å². The van der Waals surface area contributed by atoms with Gasteiger partial charge in [0.2, 0.25) is 0 Å². The molecule has 2 N–H and O–H groups in total. The molecular formula is C11H16FN. The Kier molecular flexibility index (Phi) is 3.43. The number of benzene rings is 1. The van der Waals surface area contributed by atoms with Crippen molar-refractivity contribution in [3.8, 4) is 0 Å². The van der Waals surface area contributed by atoms with Crippen LogP contribution in [0.5, 0.6) is 0 Å². The quantitative estimate of drug-likeness (QED) is 0.762. The Hall–Kier alpha value is -0.890. The first-order valence-electron chi connectivity index (χ1n) is 4.54. The van der Waals surface area contributed by atoms with E-state index in [2.05, 4.69) is 0 Å². The van der Waals surface area contributed by atoms with Gasteiger partial charge in [0, 0.05) is 6.04 Å². The zero-order valence-electron chi connectivity index (χ0n) is 8.18. The second-order valence-corrected chi connectivity index (χ2v) is 3.37. The first-order chi connectivity index (χ1) is 6.16. The Bertz CT molecular complexity index is 283. The van der Waals surface area contributed by atoms with Crippen LogP contribution in [0.2, 0.25) is 0 Å². The Labute approximate surface area is 78.8 Å². The average molecular weight is 181 g/mol. The van der Waals surface area contributed by atoms with Gasteiger partial charge in [-0.3, -0.25) is 4.39 Å². The summed E-state index contributed by atoms with van der Waals surface area (Å²) in [6.07, 6.45) is 0.407. The molecule has 0 bridgehead atoms. The smallest absolute Gasteiger partial charge is 0.0912 e. The van der Waals surface area contributed by atoms with Crippen LogP contribution in [-0.2, 0) is 0 Å². The molecule has 1 rings (SSSR count). The van der Waals surface area contributed by atoms with E-state index in [0.717, 1.165) is 5.56 Å². The summed E-state index contributed by atoms with van der Waals surface area (Å²) in [7, 11) is 0. The molecule has 13 heavy (non-hydrogen) atoms. The maximum Gasteiger partial charge on any atom is 0.0912 e. The normalized spacial score (nSPS) is 12.9. The summed E-state index contributed by atoms with van der Waals surface area (Å²) in [5.74, 6) is 0. The van der Waals surface area contributed by atoms with Gasteiger partial charge in [0.1, 0.15) is 0 Å². The molecule has 0 heterocycles. The van der Waals surface area contributed by atoms with Crippen LogP contribution in [0.3, 0.4) is 0 Å². The molecule has 0 aliphatic rings. The van der Waals surface area contributed by atoms with Gasteiger partial charge in [-0.05, 0) is 37.0 Å². The lowest BCUT2D eigenvalue weighted by molar-refractivity contribution is 0.441. The van der Waals surface area contributed by atoms with Crippen LogP contribution in [0.25, 0.3) is 0 Å². The average Bonchev–Trinajstić information content (AvgIpc) is 2.10. The lowest BCUT2D eigenvalue weighted by Gasteiger charge is -2.14. The summed E-state index contributed by atoms with van der Waals surface area (Å²) in [6.45, 7) is 3.72. The summed E-state index contributed by atoms with van der Waals surface area (Å²) in [4.78, 5) is 0. The van der Waals surface area contributed by atoms with E-state index >= 15 is 0 Å². The second-order valence-electron chi connectivity index (χ2n) is 3.37. The van der Waals surface area contributed by atoms with E-state index in [4.69, 9.17) is 5.73 Å². The molecule has 1 atom stereocenters. The molecule has 0 amide bonds. The van der Waals surface area contributed by atoms with E-state index in [1.54, 1.807) is 0 Å². The Balaban J connectivity index is 2.93. The van der Waals surface area contributed by atoms with Crippen LogP contribution >= 0.6 is 0 Å². The van der Waals surface area contributed by atoms with Crippen molar-refractivity contribution in [3.05, 3.63) is 34.9 Å². The Morgan fingerprint density at radius 1 is 1.38 bits per heavy atom. The van der Waals surface area contributed by atoms with E-state index in [1.807, 2.05) is 32.0 Å². The summed E-state index contributed by atoms with van der Waals surface area (Å²) in [5.41, 5.74) is 9.30. The van der Waals surface area contributed by atoms with Crippen molar-refractivity contribution < 1.29 is 4.39 Å². The monoisotopic (exact) mass is 181 g/mol. The fourth-order valence-corrected chi connectivity index (χ4v) is 1.45. The maximum absolute atomic E-state index is 12.1. The number of aryl methyl sites for hydroxylation is 1. The molecule has 0 radical (unpaired) electrons. The Morgan fingerprint density at radius 2 is 2.08 bits per heavy atom. The first-order valence-corrected chi connectivity index (χ1v) is 4.54. The predicted molar refractivity (Wildman–Crippen MR) is 53.4 cm³/mol. The summed E-state index contributed by atoms with van der Waals surface area (Å²) in [5, 5.41) is 0. The minimum Gasteiger partial charge on any atom is -0.324 e. The number of rotatable bonds is 3. The van der Waals surface area contributed by atoms with Crippen LogP contribution in [0.15, 0.2) is 18.2 Å². The van der Waals surface area contributed by atoms with Crippen molar-refractivity contribution in [1.29, 1.82) is 0 Å². The molecule has 0 spiro atoms. The van der Waals surface area contributed by atoms with E-state index in [0.29, 0.717) is 6.42 Å². The zero-order valence-corrected chi connectivity index (χ0v) is 8.18. The predicted octanol–water partition coefficient (Wildman–Crippen LogP) is 2.66. The van der Waals surface area contributed by atoms with E-state index < -0.39 is 0 Å². The van der Waals surface area contributed by atoms with Crippen LogP contribution in [0.4, 0.5) is 4.39 Å². The van der Waals surface area contributed by atoms with Gasteiger partial charge in [0.05, 0.1) is 6.67 Å². The van der Waals surface area contributed by atoms with Gasteiger partial charge in [0.15, 0.2) is 0 Å². The zero-order chi connectivity index (χ0) is 9.84. The summed E-state index contributed by atoms with van der Waals surface area (Å²) in [6, 6.07) is 5.82. The van der Waals surface area contributed by atoms with E-state index in [-0.39, 0.29) is 12.7 Å². The number of alkyl halides is 1. The Morgan fingerprint density at radius 3 is 2.69 bits per heavy atom. The van der Waals surface area contributed by atoms with Gasteiger partial charge < -0.3 is 5.73 Å². The lowest BCUT2D eigenvalue weighted by atomic mass is 9.96. The third-order valence-corrected chi connectivity index (χ3v) is 2.47. The largest absolute Gasteiger partial charge is 0.324 e. The molecular weight excluding hydrogens is 165 g/mol. The third-order valence-electron chi connectivity index (χ3n) is 2.47. The fourth-order valence-electron chi connectivity index (χ4n) is 1.45. The number of hydrogen-bond acceptors (Lipinski definition) is 1. The highest BCUT2D eigenvalue weighted by molar-refractivity contribution is 5.35. The van der Waals surface area contributed by atoms with Crippen molar-refractivity contribution >= 4 is 0 Å². The maximum atomic E-state index is 12.1. The molecule has 0 aliphatic carbocycles. The van der Waals surface area contributed by atoms with Gasteiger partial charge in [-0.25, -0.2) is 0 Å². The molecule has 0 saturated heterocycles. The van der Waals surface area contributed by atoms with Crippen LogP contribution in [-0.4, -0.2) is 6.67 Å². The highest BCUT2D eigenvalue weighted by atomic mass is 19.1. The molecule has 1 aromatic carbocycles. The second kappa shape index (κ2) is 4.38. The SMILES string of the molecule is Cc1cccc([C@H](N)CCF)c1C. The minimum atomic E-state index is -0.353. The number of nitrogens with two attached hydrogens (primary N) is 1. The highest BCUT2D eigenvalue weighted by Gasteiger charge is 2.08. The third kappa shape index (κ3) is 2.28. The summed E-state index contributed by atoms with van der Waals surface area (Å²) < 4.78 is 12.1. The van der Waals surface area contributed by atoms with Gasteiger partial charge in [-0.15, -0.1) is 0 Å². The van der Waals surface area contributed by atoms with Gasteiger partial charge >= 0.3 is 0 Å². The molecule has 1 aromatic rings. The molecule has 1 nitrogen and oxygen atoms in total.